The zero-order valence-corrected chi connectivity index (χ0v) is 11.3. The number of hydrogen-bond donors (Lipinski definition) is 1. The van der Waals surface area contributed by atoms with E-state index < -0.39 is 0 Å². The van der Waals surface area contributed by atoms with Gasteiger partial charge < -0.3 is 9.73 Å². The van der Waals surface area contributed by atoms with Crippen LogP contribution in [0, 0.1) is 0 Å². The molecule has 2 heterocycles. The van der Waals surface area contributed by atoms with E-state index in [-0.39, 0.29) is 6.04 Å². The number of dihydropyridines is 1. The minimum absolute atomic E-state index is 0.169. The van der Waals surface area contributed by atoms with Crippen LogP contribution in [-0.4, -0.2) is 0 Å². The van der Waals surface area contributed by atoms with Crippen LogP contribution < -0.4 is 5.32 Å². The third-order valence-electron chi connectivity index (χ3n) is 3.81. The molecule has 2 aromatic carbocycles. The number of benzene rings is 2. The Bertz CT molecular complexity index is 854. The van der Waals surface area contributed by atoms with E-state index >= 15 is 0 Å². The second-order valence-corrected chi connectivity index (χ2v) is 5.21. The largest absolute Gasteiger partial charge is 0.456 e. The molecule has 2 heteroatoms. The Hall–Kier alpha value is -2.48. The fraction of sp³-hybridized carbons (Fsp3) is 0.111. The summed E-state index contributed by atoms with van der Waals surface area (Å²) in [5.74, 6) is 0. The van der Waals surface area contributed by atoms with Crippen LogP contribution in [0.5, 0.6) is 0 Å². The molecule has 0 saturated carbocycles. The van der Waals surface area contributed by atoms with Gasteiger partial charge in [-0.25, -0.2) is 0 Å². The van der Waals surface area contributed by atoms with E-state index in [1.54, 1.807) is 0 Å². The van der Waals surface area contributed by atoms with Crippen LogP contribution in [0.4, 0.5) is 0 Å². The minimum Gasteiger partial charge on any atom is -0.456 e. The zero-order chi connectivity index (χ0) is 13.5. The summed E-state index contributed by atoms with van der Waals surface area (Å²) in [6, 6.07) is 14.7. The third-order valence-corrected chi connectivity index (χ3v) is 3.81. The highest BCUT2D eigenvalue weighted by Crippen LogP contribution is 2.34. The summed E-state index contributed by atoms with van der Waals surface area (Å²) in [6.07, 6.45) is 6.37. The van der Waals surface area contributed by atoms with Gasteiger partial charge in [-0.05, 0) is 18.6 Å². The van der Waals surface area contributed by atoms with Gasteiger partial charge >= 0.3 is 0 Å². The second-order valence-electron chi connectivity index (χ2n) is 5.21. The summed E-state index contributed by atoms with van der Waals surface area (Å²) in [6.45, 7) is 2.08. The monoisotopic (exact) mass is 261 g/mol. The topological polar surface area (TPSA) is 25.2 Å². The predicted octanol–water partition coefficient (Wildman–Crippen LogP) is 4.69. The first-order valence-electron chi connectivity index (χ1n) is 6.84. The van der Waals surface area contributed by atoms with Gasteiger partial charge in [0.05, 0.1) is 6.04 Å². The fourth-order valence-corrected chi connectivity index (χ4v) is 2.78. The SMILES string of the molecule is CC1=CNC(c2cccc3c2oc2ccccc23)C=C1. The van der Waals surface area contributed by atoms with Crippen molar-refractivity contribution in [3.8, 4) is 0 Å². The highest BCUT2D eigenvalue weighted by Gasteiger charge is 2.16. The molecule has 1 atom stereocenters. The molecule has 1 unspecified atom stereocenters. The molecule has 0 aliphatic carbocycles. The average molecular weight is 261 g/mol. The molecule has 0 bridgehead atoms. The molecular formula is C18H15NO. The standard InChI is InChI=1S/C18H15NO/c1-12-9-10-16(19-11-12)15-7-4-6-14-13-5-2-3-8-17(13)20-18(14)15/h2-11,16,19H,1H3. The van der Waals surface area contributed by atoms with Crippen molar-refractivity contribution in [1.29, 1.82) is 0 Å². The fourth-order valence-electron chi connectivity index (χ4n) is 2.78. The summed E-state index contributed by atoms with van der Waals surface area (Å²) in [7, 11) is 0. The maximum atomic E-state index is 6.07. The molecule has 1 N–H and O–H groups in total. The minimum atomic E-state index is 0.169. The smallest absolute Gasteiger partial charge is 0.141 e. The van der Waals surface area contributed by atoms with E-state index in [1.165, 1.54) is 21.9 Å². The van der Waals surface area contributed by atoms with Crippen molar-refractivity contribution in [3.05, 3.63) is 72.0 Å². The molecule has 20 heavy (non-hydrogen) atoms. The van der Waals surface area contributed by atoms with Crippen molar-refractivity contribution >= 4 is 21.9 Å². The third kappa shape index (κ3) is 1.65. The van der Waals surface area contributed by atoms with Crippen molar-refractivity contribution in [2.45, 2.75) is 13.0 Å². The molecule has 2 nitrogen and oxygen atoms in total. The van der Waals surface area contributed by atoms with E-state index in [4.69, 9.17) is 4.42 Å². The molecule has 1 aliphatic heterocycles. The number of furan rings is 1. The Morgan fingerprint density at radius 2 is 1.85 bits per heavy atom. The van der Waals surface area contributed by atoms with E-state index in [0.717, 1.165) is 11.2 Å². The summed E-state index contributed by atoms with van der Waals surface area (Å²) in [5, 5.41) is 5.77. The van der Waals surface area contributed by atoms with Crippen LogP contribution >= 0.6 is 0 Å². The number of fused-ring (bicyclic) bond motifs is 3. The van der Waals surface area contributed by atoms with Gasteiger partial charge in [-0.1, -0.05) is 48.6 Å². The van der Waals surface area contributed by atoms with Gasteiger partial charge in [0.1, 0.15) is 11.2 Å². The summed E-state index contributed by atoms with van der Waals surface area (Å²) in [4.78, 5) is 0. The molecule has 0 saturated heterocycles. The van der Waals surface area contributed by atoms with Crippen LogP contribution in [-0.2, 0) is 0 Å². The molecule has 98 valence electrons. The molecule has 0 amide bonds. The van der Waals surface area contributed by atoms with Crippen molar-refractivity contribution in [2.24, 2.45) is 0 Å². The first kappa shape index (κ1) is 11.4. The summed E-state index contributed by atoms with van der Waals surface area (Å²) < 4.78 is 6.07. The second kappa shape index (κ2) is 4.27. The number of nitrogens with one attached hydrogen (secondary N) is 1. The molecule has 1 aliphatic rings. The molecule has 4 rings (SSSR count). The Morgan fingerprint density at radius 3 is 2.70 bits per heavy atom. The lowest BCUT2D eigenvalue weighted by Crippen LogP contribution is -2.16. The van der Waals surface area contributed by atoms with E-state index in [0.29, 0.717) is 0 Å². The molecule has 0 radical (unpaired) electrons. The number of hydrogen-bond acceptors (Lipinski definition) is 2. The van der Waals surface area contributed by atoms with E-state index in [1.807, 2.05) is 18.3 Å². The van der Waals surface area contributed by atoms with Gasteiger partial charge in [-0.3, -0.25) is 0 Å². The quantitative estimate of drug-likeness (QED) is 0.687. The van der Waals surface area contributed by atoms with Crippen molar-refractivity contribution in [1.82, 2.24) is 5.32 Å². The van der Waals surface area contributed by atoms with Crippen molar-refractivity contribution in [2.75, 3.05) is 0 Å². The Balaban J connectivity index is 1.94. The van der Waals surface area contributed by atoms with Crippen molar-refractivity contribution in [3.63, 3.8) is 0 Å². The van der Waals surface area contributed by atoms with Gasteiger partial charge in [-0.15, -0.1) is 0 Å². The Morgan fingerprint density at radius 1 is 1.00 bits per heavy atom. The van der Waals surface area contributed by atoms with Gasteiger partial charge in [0.2, 0.25) is 0 Å². The lowest BCUT2D eigenvalue weighted by atomic mass is 10.0. The van der Waals surface area contributed by atoms with Crippen LogP contribution in [0.3, 0.4) is 0 Å². The molecule has 1 aromatic heterocycles. The summed E-state index contributed by atoms with van der Waals surface area (Å²) in [5.41, 5.74) is 4.34. The van der Waals surface area contributed by atoms with Crippen LogP contribution in [0.25, 0.3) is 21.9 Å². The Labute approximate surface area is 117 Å². The first-order valence-corrected chi connectivity index (χ1v) is 6.84. The van der Waals surface area contributed by atoms with Crippen LogP contribution in [0.1, 0.15) is 18.5 Å². The zero-order valence-electron chi connectivity index (χ0n) is 11.3. The van der Waals surface area contributed by atoms with Gasteiger partial charge in [-0.2, -0.15) is 0 Å². The lowest BCUT2D eigenvalue weighted by molar-refractivity contribution is 0.648. The summed E-state index contributed by atoms with van der Waals surface area (Å²) >= 11 is 0. The van der Waals surface area contributed by atoms with E-state index in [9.17, 15) is 0 Å². The van der Waals surface area contributed by atoms with Crippen LogP contribution in [0.2, 0.25) is 0 Å². The molecule has 3 aromatic rings. The highest BCUT2D eigenvalue weighted by molar-refractivity contribution is 6.05. The normalized spacial score (nSPS) is 18.2. The predicted molar refractivity (Wildman–Crippen MR) is 82.5 cm³/mol. The van der Waals surface area contributed by atoms with Gasteiger partial charge in [0.15, 0.2) is 0 Å². The maximum Gasteiger partial charge on any atom is 0.141 e. The van der Waals surface area contributed by atoms with Crippen molar-refractivity contribution < 1.29 is 4.42 Å². The number of rotatable bonds is 1. The van der Waals surface area contributed by atoms with Gasteiger partial charge in [0, 0.05) is 22.5 Å². The number of para-hydroxylation sites is 2. The van der Waals surface area contributed by atoms with E-state index in [2.05, 4.69) is 54.7 Å². The maximum absolute atomic E-state index is 6.07. The highest BCUT2D eigenvalue weighted by atomic mass is 16.3. The van der Waals surface area contributed by atoms with Crippen LogP contribution in [0.15, 0.2) is 70.8 Å². The lowest BCUT2D eigenvalue weighted by Gasteiger charge is -2.18. The molecular weight excluding hydrogens is 246 g/mol. The first-order chi connectivity index (χ1) is 9.83. The average Bonchev–Trinajstić information content (AvgIpc) is 2.87. The Kier molecular flexibility index (Phi) is 2.43. The molecule has 0 fully saturated rings. The number of allylic oxidation sites excluding steroid dienone is 2. The molecule has 0 spiro atoms. The van der Waals surface area contributed by atoms with Gasteiger partial charge in [0.25, 0.3) is 0 Å².